The third kappa shape index (κ3) is 2.26. The lowest BCUT2D eigenvalue weighted by atomic mass is 9.82. The molecule has 1 aliphatic heterocycles. The molecule has 6 nitrogen and oxygen atoms in total. The fourth-order valence-electron chi connectivity index (χ4n) is 4.40. The van der Waals surface area contributed by atoms with Gasteiger partial charge in [0, 0.05) is 17.4 Å². The molecule has 0 radical (unpaired) electrons. The first-order chi connectivity index (χ1) is 10.9. The van der Waals surface area contributed by atoms with E-state index in [1.54, 1.807) is 6.92 Å². The lowest BCUT2D eigenvalue weighted by molar-refractivity contribution is -0.175. The molecule has 0 aromatic carbocycles. The van der Waals surface area contributed by atoms with Gasteiger partial charge in [0.2, 0.25) is 0 Å². The molecule has 3 aliphatic carbocycles. The van der Waals surface area contributed by atoms with Crippen LogP contribution in [0.1, 0.15) is 32.6 Å². The van der Waals surface area contributed by atoms with Crippen LogP contribution < -0.4 is 0 Å². The number of carbonyl (C=O) groups excluding carboxylic acids is 3. The molecule has 4 fully saturated rings. The lowest BCUT2D eigenvalue weighted by Crippen LogP contribution is -2.43. The summed E-state index contributed by atoms with van der Waals surface area (Å²) in [7, 11) is 0. The Balaban J connectivity index is 1.29. The van der Waals surface area contributed by atoms with E-state index in [0.29, 0.717) is 18.4 Å². The Hall–Kier alpha value is -1.85. The highest BCUT2D eigenvalue weighted by molar-refractivity contribution is 5.87. The molecule has 4 rings (SSSR count). The fraction of sp³-hybridized carbons (Fsp3) is 0.706. The van der Waals surface area contributed by atoms with Crippen LogP contribution in [0.5, 0.6) is 0 Å². The predicted molar refractivity (Wildman–Crippen MR) is 76.9 cm³/mol. The number of fused-ring (bicyclic) bond motifs is 1. The van der Waals surface area contributed by atoms with E-state index >= 15 is 0 Å². The Labute approximate surface area is 134 Å². The second-order valence-electron chi connectivity index (χ2n) is 7.28. The van der Waals surface area contributed by atoms with E-state index in [0.717, 1.165) is 12.8 Å². The fourth-order valence-corrected chi connectivity index (χ4v) is 4.40. The van der Waals surface area contributed by atoms with Crippen molar-refractivity contribution in [3.8, 4) is 0 Å². The van der Waals surface area contributed by atoms with Crippen molar-refractivity contribution in [1.82, 2.24) is 0 Å². The van der Waals surface area contributed by atoms with E-state index < -0.39 is 5.97 Å². The number of esters is 3. The molecule has 1 saturated heterocycles. The molecule has 0 spiro atoms. The maximum atomic E-state index is 12.3. The van der Waals surface area contributed by atoms with Crippen molar-refractivity contribution in [2.45, 2.75) is 50.9 Å². The van der Waals surface area contributed by atoms with Gasteiger partial charge in [-0.15, -0.1) is 0 Å². The molecule has 3 saturated carbocycles. The first-order valence-corrected chi connectivity index (χ1v) is 8.21. The summed E-state index contributed by atoms with van der Waals surface area (Å²) >= 11 is 0. The topological polar surface area (TPSA) is 78.9 Å². The van der Waals surface area contributed by atoms with Crippen molar-refractivity contribution in [2.75, 3.05) is 0 Å². The molecular weight excluding hydrogens is 300 g/mol. The minimum atomic E-state index is -0.418. The van der Waals surface area contributed by atoms with E-state index in [1.807, 2.05) is 0 Å². The molecule has 0 aromatic rings. The van der Waals surface area contributed by atoms with E-state index in [2.05, 4.69) is 6.58 Å². The SMILES string of the molecule is C=C(C)C(=O)OC1CC(C(=O)OC2C3CC4C(=O)OC2C4C3)C1. The number of hydrogen-bond acceptors (Lipinski definition) is 6. The van der Waals surface area contributed by atoms with Gasteiger partial charge in [0.25, 0.3) is 0 Å². The van der Waals surface area contributed by atoms with Crippen LogP contribution in [0.2, 0.25) is 0 Å². The van der Waals surface area contributed by atoms with E-state index in [-0.39, 0.29) is 53.9 Å². The third-order valence-electron chi connectivity index (χ3n) is 5.72. The standard InChI is InChI=1S/C17H20O6/c1-7(2)15(18)21-10-3-9(4-10)16(19)22-13-8-5-11-12(6-8)17(20)23-14(11)13/h8-14H,1,3-6H2,2H3. The largest absolute Gasteiger partial charge is 0.459 e. The average molecular weight is 320 g/mol. The molecule has 6 heteroatoms. The third-order valence-corrected chi connectivity index (χ3v) is 5.72. The van der Waals surface area contributed by atoms with Gasteiger partial charge in [-0.1, -0.05) is 6.58 Å². The summed E-state index contributed by atoms with van der Waals surface area (Å²) in [5, 5.41) is 0. The Bertz CT molecular complexity index is 590. The van der Waals surface area contributed by atoms with Crippen LogP contribution in [-0.4, -0.2) is 36.2 Å². The van der Waals surface area contributed by atoms with Crippen LogP contribution in [0.4, 0.5) is 0 Å². The Morgan fingerprint density at radius 3 is 2.61 bits per heavy atom. The molecule has 23 heavy (non-hydrogen) atoms. The van der Waals surface area contributed by atoms with Gasteiger partial charge in [-0.3, -0.25) is 9.59 Å². The predicted octanol–water partition coefficient (Wildman–Crippen LogP) is 1.38. The molecule has 4 aliphatic rings. The zero-order valence-corrected chi connectivity index (χ0v) is 13.0. The van der Waals surface area contributed by atoms with Gasteiger partial charge in [-0.25, -0.2) is 4.79 Å². The van der Waals surface area contributed by atoms with Gasteiger partial charge in [-0.05, 0) is 32.6 Å². The van der Waals surface area contributed by atoms with Crippen LogP contribution in [0.25, 0.3) is 0 Å². The Morgan fingerprint density at radius 2 is 1.91 bits per heavy atom. The summed E-state index contributed by atoms with van der Waals surface area (Å²) in [5.41, 5.74) is 0.357. The normalized spacial score (nSPS) is 42.8. The highest BCUT2D eigenvalue weighted by atomic mass is 16.6. The second-order valence-corrected chi connectivity index (χ2v) is 7.28. The monoisotopic (exact) mass is 320 g/mol. The van der Waals surface area contributed by atoms with Crippen molar-refractivity contribution in [3.05, 3.63) is 12.2 Å². The highest BCUT2D eigenvalue weighted by Crippen LogP contribution is 2.55. The van der Waals surface area contributed by atoms with E-state index in [1.165, 1.54) is 0 Å². The average Bonchev–Trinajstić information content (AvgIpc) is 3.06. The number of carbonyl (C=O) groups is 3. The van der Waals surface area contributed by atoms with Gasteiger partial charge < -0.3 is 14.2 Å². The van der Waals surface area contributed by atoms with Crippen molar-refractivity contribution in [3.63, 3.8) is 0 Å². The summed E-state index contributed by atoms with van der Waals surface area (Å²) < 4.78 is 16.2. The minimum Gasteiger partial charge on any atom is -0.459 e. The van der Waals surface area contributed by atoms with Crippen molar-refractivity contribution < 1.29 is 28.6 Å². The first-order valence-electron chi connectivity index (χ1n) is 8.21. The van der Waals surface area contributed by atoms with Gasteiger partial charge in [0.05, 0.1) is 11.8 Å². The molecule has 124 valence electrons. The second kappa shape index (κ2) is 5.08. The zero-order valence-electron chi connectivity index (χ0n) is 13.0. The quantitative estimate of drug-likeness (QED) is 0.442. The Kier molecular flexibility index (Phi) is 3.25. The maximum Gasteiger partial charge on any atom is 0.333 e. The first kappa shape index (κ1) is 14.7. The van der Waals surface area contributed by atoms with Crippen molar-refractivity contribution in [2.24, 2.45) is 23.7 Å². The van der Waals surface area contributed by atoms with Gasteiger partial charge in [-0.2, -0.15) is 0 Å². The summed E-state index contributed by atoms with van der Waals surface area (Å²) in [6, 6.07) is 0. The van der Waals surface area contributed by atoms with Crippen LogP contribution in [0.15, 0.2) is 12.2 Å². The number of rotatable bonds is 4. The lowest BCUT2D eigenvalue weighted by Gasteiger charge is -2.35. The maximum absolute atomic E-state index is 12.3. The molecule has 0 aromatic heterocycles. The summed E-state index contributed by atoms with van der Waals surface area (Å²) in [6.07, 6.45) is 1.92. The van der Waals surface area contributed by atoms with Crippen molar-refractivity contribution in [1.29, 1.82) is 0 Å². The highest BCUT2D eigenvalue weighted by Gasteiger charge is 2.63. The van der Waals surface area contributed by atoms with Crippen LogP contribution in [0.3, 0.4) is 0 Å². The molecule has 1 heterocycles. The Morgan fingerprint density at radius 1 is 1.17 bits per heavy atom. The molecule has 5 atom stereocenters. The molecule has 5 unspecified atom stereocenters. The summed E-state index contributed by atoms with van der Waals surface area (Å²) in [6.45, 7) is 5.13. The van der Waals surface area contributed by atoms with E-state index in [4.69, 9.17) is 14.2 Å². The van der Waals surface area contributed by atoms with Gasteiger partial charge in [0.1, 0.15) is 18.3 Å². The summed E-state index contributed by atoms with van der Waals surface area (Å²) in [4.78, 5) is 35.4. The van der Waals surface area contributed by atoms with Crippen LogP contribution in [0, 0.1) is 23.7 Å². The number of hydrogen-bond donors (Lipinski definition) is 0. The molecule has 2 bridgehead atoms. The zero-order chi connectivity index (χ0) is 16.3. The molecular formula is C17H20O6. The minimum absolute atomic E-state index is 0.0228. The smallest absolute Gasteiger partial charge is 0.333 e. The number of ether oxygens (including phenoxy) is 3. The molecule has 0 N–H and O–H groups in total. The molecule has 0 amide bonds. The summed E-state index contributed by atoms with van der Waals surface area (Å²) in [5.74, 6) is -0.530. The van der Waals surface area contributed by atoms with E-state index in [9.17, 15) is 14.4 Å². The van der Waals surface area contributed by atoms with Gasteiger partial charge >= 0.3 is 17.9 Å². The van der Waals surface area contributed by atoms with Crippen LogP contribution >= 0.6 is 0 Å². The van der Waals surface area contributed by atoms with Crippen LogP contribution in [-0.2, 0) is 28.6 Å². The van der Waals surface area contributed by atoms with Gasteiger partial charge in [0.15, 0.2) is 0 Å². The van der Waals surface area contributed by atoms with Crippen molar-refractivity contribution >= 4 is 17.9 Å².